The first-order chi connectivity index (χ1) is 12.2. The van der Waals surface area contributed by atoms with E-state index in [2.05, 4.69) is 0 Å². The Morgan fingerprint density at radius 3 is 2.48 bits per heavy atom. The average Bonchev–Trinajstić information content (AvgIpc) is 3.16. The number of carbonyl (C=O) groups is 2. The molecule has 0 aliphatic carbocycles. The van der Waals surface area contributed by atoms with E-state index in [1.54, 1.807) is 12.0 Å². The van der Waals surface area contributed by atoms with Crippen molar-refractivity contribution in [1.82, 2.24) is 4.90 Å². The van der Waals surface area contributed by atoms with Gasteiger partial charge in [0, 0.05) is 18.5 Å². The zero-order chi connectivity index (χ0) is 17.6. The molecule has 1 heterocycles. The van der Waals surface area contributed by atoms with E-state index in [1.807, 2.05) is 54.6 Å². The summed E-state index contributed by atoms with van der Waals surface area (Å²) in [5.41, 5.74) is 1.78. The van der Waals surface area contributed by atoms with Crippen molar-refractivity contribution in [3.05, 3.63) is 65.7 Å². The van der Waals surface area contributed by atoms with Gasteiger partial charge in [-0.2, -0.15) is 0 Å². The molecule has 1 amide bonds. The van der Waals surface area contributed by atoms with Crippen LogP contribution in [0.25, 0.3) is 0 Å². The zero-order valence-electron chi connectivity index (χ0n) is 14.5. The molecule has 1 aliphatic rings. The van der Waals surface area contributed by atoms with Crippen LogP contribution in [0.4, 0.5) is 0 Å². The quantitative estimate of drug-likeness (QED) is 0.758. The summed E-state index contributed by atoms with van der Waals surface area (Å²) in [6, 6.07) is 16.7. The number of Topliss-reactive ketones (excluding diaryl/α,β-unsaturated/α-hetero) is 1. The molecule has 3 rings (SSSR count). The number of rotatable bonds is 6. The van der Waals surface area contributed by atoms with Crippen molar-refractivity contribution in [3.8, 4) is 5.75 Å². The second kappa shape index (κ2) is 7.97. The van der Waals surface area contributed by atoms with E-state index in [-0.39, 0.29) is 17.7 Å². The van der Waals surface area contributed by atoms with Crippen molar-refractivity contribution in [2.24, 2.45) is 0 Å². The summed E-state index contributed by atoms with van der Waals surface area (Å²) < 4.78 is 5.15. The maximum absolute atomic E-state index is 12.7. The number of carbonyl (C=O) groups excluding carboxylic acids is 2. The normalized spacial score (nSPS) is 16.7. The van der Waals surface area contributed by atoms with Crippen LogP contribution in [-0.4, -0.2) is 36.3 Å². The highest BCUT2D eigenvalue weighted by Gasteiger charge is 2.33. The number of likely N-dealkylation sites (tertiary alicyclic amines) is 1. The van der Waals surface area contributed by atoms with Gasteiger partial charge in [-0.3, -0.25) is 9.59 Å². The molecule has 2 aromatic rings. The van der Waals surface area contributed by atoms with Crippen LogP contribution in [0.1, 0.15) is 35.2 Å². The summed E-state index contributed by atoms with van der Waals surface area (Å²) in [7, 11) is 1.63. The maximum Gasteiger partial charge on any atom is 0.223 e. The van der Waals surface area contributed by atoms with E-state index in [0.29, 0.717) is 24.9 Å². The summed E-state index contributed by atoms with van der Waals surface area (Å²) in [6.45, 7) is 0.671. The van der Waals surface area contributed by atoms with Crippen LogP contribution in [0, 0.1) is 0 Å². The number of hydrogen-bond acceptors (Lipinski definition) is 3. The third-order valence-electron chi connectivity index (χ3n) is 4.72. The monoisotopic (exact) mass is 337 g/mol. The lowest BCUT2D eigenvalue weighted by atomic mass is 10.0. The molecule has 1 aliphatic heterocycles. The molecule has 0 radical (unpaired) electrons. The molecule has 1 unspecified atom stereocenters. The molecule has 4 nitrogen and oxygen atoms in total. The van der Waals surface area contributed by atoms with E-state index in [1.165, 1.54) is 0 Å². The van der Waals surface area contributed by atoms with E-state index in [0.717, 1.165) is 24.2 Å². The van der Waals surface area contributed by atoms with Crippen molar-refractivity contribution in [3.63, 3.8) is 0 Å². The van der Waals surface area contributed by atoms with Gasteiger partial charge in [-0.1, -0.05) is 42.5 Å². The Morgan fingerprint density at radius 1 is 1.08 bits per heavy atom. The minimum atomic E-state index is -0.314. The molecule has 0 saturated carbocycles. The van der Waals surface area contributed by atoms with Gasteiger partial charge in [-0.15, -0.1) is 0 Å². The number of nitrogens with zero attached hydrogens (tertiary/aromatic N) is 1. The van der Waals surface area contributed by atoms with Gasteiger partial charge in [0.2, 0.25) is 5.91 Å². The van der Waals surface area contributed by atoms with Crippen LogP contribution in [0.2, 0.25) is 0 Å². The third kappa shape index (κ3) is 4.08. The van der Waals surface area contributed by atoms with Gasteiger partial charge in [0.25, 0.3) is 0 Å². The number of benzene rings is 2. The Bertz CT molecular complexity index is 725. The number of ether oxygens (including phenoxy) is 1. The van der Waals surface area contributed by atoms with Crippen LogP contribution in [0.5, 0.6) is 5.75 Å². The minimum Gasteiger partial charge on any atom is -0.497 e. The Labute approximate surface area is 148 Å². The Morgan fingerprint density at radius 2 is 1.80 bits per heavy atom. The van der Waals surface area contributed by atoms with Crippen LogP contribution in [0.15, 0.2) is 54.6 Å². The molecule has 1 saturated heterocycles. The fourth-order valence-corrected chi connectivity index (χ4v) is 3.32. The number of hydrogen-bond donors (Lipinski definition) is 0. The second-order valence-corrected chi connectivity index (χ2v) is 6.32. The fourth-order valence-electron chi connectivity index (χ4n) is 3.32. The molecule has 130 valence electrons. The number of ketones is 1. The van der Waals surface area contributed by atoms with Crippen LogP contribution < -0.4 is 4.74 Å². The lowest BCUT2D eigenvalue weighted by Crippen LogP contribution is -2.40. The van der Waals surface area contributed by atoms with Crippen molar-refractivity contribution in [2.75, 3.05) is 13.7 Å². The van der Waals surface area contributed by atoms with Gasteiger partial charge < -0.3 is 9.64 Å². The minimum absolute atomic E-state index is 0.0518. The summed E-state index contributed by atoms with van der Waals surface area (Å²) in [5.74, 6) is 0.918. The Balaban J connectivity index is 1.61. The van der Waals surface area contributed by atoms with Crippen LogP contribution in [-0.2, 0) is 11.2 Å². The summed E-state index contributed by atoms with van der Waals surface area (Å²) in [5, 5.41) is 0. The first-order valence-corrected chi connectivity index (χ1v) is 8.70. The SMILES string of the molecule is COc1ccc(CCC(=O)N2CCCC2C(=O)c2ccccc2)cc1. The molecule has 4 heteroatoms. The van der Waals surface area contributed by atoms with Crippen molar-refractivity contribution >= 4 is 11.7 Å². The number of amides is 1. The van der Waals surface area contributed by atoms with Gasteiger partial charge in [-0.05, 0) is 37.0 Å². The Hall–Kier alpha value is -2.62. The highest BCUT2D eigenvalue weighted by Crippen LogP contribution is 2.23. The highest BCUT2D eigenvalue weighted by molar-refractivity contribution is 6.02. The first-order valence-electron chi connectivity index (χ1n) is 8.70. The lowest BCUT2D eigenvalue weighted by Gasteiger charge is -2.24. The topological polar surface area (TPSA) is 46.6 Å². The number of aryl methyl sites for hydroxylation is 1. The van der Waals surface area contributed by atoms with Gasteiger partial charge in [0.15, 0.2) is 5.78 Å². The molecule has 25 heavy (non-hydrogen) atoms. The lowest BCUT2D eigenvalue weighted by molar-refractivity contribution is -0.131. The second-order valence-electron chi connectivity index (χ2n) is 6.32. The predicted molar refractivity (Wildman–Crippen MR) is 96.8 cm³/mol. The molecule has 0 N–H and O–H groups in total. The third-order valence-corrected chi connectivity index (χ3v) is 4.72. The molecular formula is C21H23NO3. The smallest absolute Gasteiger partial charge is 0.223 e. The maximum atomic E-state index is 12.7. The van der Waals surface area contributed by atoms with Gasteiger partial charge in [0.05, 0.1) is 13.2 Å². The van der Waals surface area contributed by atoms with Gasteiger partial charge in [0.1, 0.15) is 5.75 Å². The summed E-state index contributed by atoms with van der Waals surface area (Å²) in [4.78, 5) is 27.1. The molecule has 1 atom stereocenters. The summed E-state index contributed by atoms with van der Waals surface area (Å²) in [6.07, 6.45) is 2.73. The van der Waals surface area contributed by atoms with E-state index in [4.69, 9.17) is 4.74 Å². The standard InChI is InChI=1S/C21H23NO3/c1-25-18-12-9-16(10-13-18)11-14-20(23)22-15-5-8-19(22)21(24)17-6-3-2-4-7-17/h2-4,6-7,9-10,12-13,19H,5,8,11,14-15H2,1H3. The average molecular weight is 337 g/mol. The van der Waals surface area contributed by atoms with Crippen molar-refractivity contribution in [1.29, 1.82) is 0 Å². The molecule has 0 bridgehead atoms. The van der Waals surface area contributed by atoms with E-state index >= 15 is 0 Å². The fraction of sp³-hybridized carbons (Fsp3) is 0.333. The summed E-state index contributed by atoms with van der Waals surface area (Å²) >= 11 is 0. The molecule has 1 fully saturated rings. The molecule has 0 spiro atoms. The van der Waals surface area contributed by atoms with E-state index in [9.17, 15) is 9.59 Å². The molecular weight excluding hydrogens is 314 g/mol. The van der Waals surface area contributed by atoms with Gasteiger partial charge >= 0.3 is 0 Å². The first kappa shape index (κ1) is 17.2. The van der Waals surface area contributed by atoms with Crippen molar-refractivity contribution < 1.29 is 14.3 Å². The highest BCUT2D eigenvalue weighted by atomic mass is 16.5. The number of methoxy groups -OCH3 is 1. The molecule has 0 aromatic heterocycles. The largest absolute Gasteiger partial charge is 0.497 e. The predicted octanol–water partition coefficient (Wildman–Crippen LogP) is 3.50. The van der Waals surface area contributed by atoms with Crippen LogP contribution in [0.3, 0.4) is 0 Å². The van der Waals surface area contributed by atoms with Crippen LogP contribution >= 0.6 is 0 Å². The van der Waals surface area contributed by atoms with Crippen molar-refractivity contribution in [2.45, 2.75) is 31.7 Å². The van der Waals surface area contributed by atoms with Gasteiger partial charge in [-0.25, -0.2) is 0 Å². The van der Waals surface area contributed by atoms with E-state index < -0.39 is 0 Å². The Kier molecular flexibility index (Phi) is 5.49. The molecule has 2 aromatic carbocycles. The zero-order valence-corrected chi connectivity index (χ0v) is 14.5.